The standard InChI is InChI=1S/C23H22F2N2O3S/c1-16(2)27(15-17-6-4-3-5-7-17)23(28)18-8-10-19(11-9-18)26-31(29,30)20-12-13-21(24)22(25)14-20/h3-14,16,26H,15H2,1-2H3. The van der Waals surface area contributed by atoms with E-state index in [0.717, 1.165) is 17.7 Å². The number of anilines is 1. The smallest absolute Gasteiger partial charge is 0.261 e. The first-order chi connectivity index (χ1) is 14.7. The summed E-state index contributed by atoms with van der Waals surface area (Å²) in [5.74, 6) is -2.57. The fourth-order valence-electron chi connectivity index (χ4n) is 2.97. The normalized spacial score (nSPS) is 11.4. The van der Waals surface area contributed by atoms with E-state index >= 15 is 0 Å². The summed E-state index contributed by atoms with van der Waals surface area (Å²) in [5, 5.41) is 0. The molecule has 0 radical (unpaired) electrons. The van der Waals surface area contributed by atoms with Gasteiger partial charge in [0, 0.05) is 23.8 Å². The molecule has 162 valence electrons. The molecule has 0 aromatic heterocycles. The van der Waals surface area contributed by atoms with Gasteiger partial charge in [0.25, 0.3) is 15.9 Å². The number of carbonyl (C=O) groups excluding carboxylic acids is 1. The van der Waals surface area contributed by atoms with Gasteiger partial charge in [-0.2, -0.15) is 0 Å². The molecule has 1 N–H and O–H groups in total. The number of hydrogen-bond acceptors (Lipinski definition) is 3. The van der Waals surface area contributed by atoms with Crippen LogP contribution in [-0.2, 0) is 16.6 Å². The molecule has 8 heteroatoms. The predicted molar refractivity (Wildman–Crippen MR) is 115 cm³/mol. The third-order valence-corrected chi connectivity index (χ3v) is 6.04. The molecule has 0 bridgehead atoms. The lowest BCUT2D eigenvalue weighted by molar-refractivity contribution is 0.0690. The lowest BCUT2D eigenvalue weighted by atomic mass is 10.1. The van der Waals surface area contributed by atoms with E-state index in [1.807, 2.05) is 44.2 Å². The summed E-state index contributed by atoms with van der Waals surface area (Å²) in [7, 11) is -4.11. The van der Waals surface area contributed by atoms with Crippen LogP contribution in [0.4, 0.5) is 14.5 Å². The van der Waals surface area contributed by atoms with Crippen LogP contribution in [0.15, 0.2) is 77.7 Å². The van der Waals surface area contributed by atoms with E-state index in [2.05, 4.69) is 4.72 Å². The molecule has 0 spiro atoms. The highest BCUT2D eigenvalue weighted by molar-refractivity contribution is 7.92. The fraction of sp³-hybridized carbons (Fsp3) is 0.174. The third-order valence-electron chi connectivity index (χ3n) is 4.67. The topological polar surface area (TPSA) is 66.5 Å². The Hall–Kier alpha value is -3.26. The van der Waals surface area contributed by atoms with Crippen LogP contribution in [0.2, 0.25) is 0 Å². The summed E-state index contributed by atoms with van der Waals surface area (Å²) in [6.45, 7) is 4.29. The molecule has 3 aromatic rings. The Bertz CT molecular complexity index is 1170. The molecule has 0 aliphatic carbocycles. The highest BCUT2D eigenvalue weighted by atomic mass is 32.2. The first-order valence-electron chi connectivity index (χ1n) is 9.60. The molecule has 0 atom stereocenters. The SMILES string of the molecule is CC(C)N(Cc1ccccc1)C(=O)c1ccc(NS(=O)(=O)c2ccc(F)c(F)c2)cc1. The Morgan fingerprint density at radius 2 is 1.58 bits per heavy atom. The second-order valence-corrected chi connectivity index (χ2v) is 8.95. The highest BCUT2D eigenvalue weighted by Gasteiger charge is 2.20. The summed E-state index contributed by atoms with van der Waals surface area (Å²) < 4.78 is 53.6. The Labute approximate surface area is 180 Å². The Morgan fingerprint density at radius 1 is 0.935 bits per heavy atom. The molecule has 0 aliphatic rings. The molecule has 3 aromatic carbocycles. The molecule has 31 heavy (non-hydrogen) atoms. The van der Waals surface area contributed by atoms with Crippen LogP contribution in [0.1, 0.15) is 29.8 Å². The molecule has 0 unspecified atom stereocenters. The van der Waals surface area contributed by atoms with Crippen molar-refractivity contribution < 1.29 is 22.0 Å². The van der Waals surface area contributed by atoms with Gasteiger partial charge in [0.1, 0.15) is 0 Å². The van der Waals surface area contributed by atoms with Crippen LogP contribution >= 0.6 is 0 Å². The van der Waals surface area contributed by atoms with Crippen LogP contribution in [-0.4, -0.2) is 25.3 Å². The van der Waals surface area contributed by atoms with Crippen molar-refractivity contribution in [2.75, 3.05) is 4.72 Å². The summed E-state index contributed by atoms with van der Waals surface area (Å²) in [5.41, 5.74) is 1.60. The maximum atomic E-state index is 13.4. The second-order valence-electron chi connectivity index (χ2n) is 7.27. The van der Waals surface area contributed by atoms with Crippen molar-refractivity contribution in [3.63, 3.8) is 0 Å². The molecule has 0 heterocycles. The molecule has 0 aliphatic heterocycles. The van der Waals surface area contributed by atoms with Gasteiger partial charge in [-0.05, 0) is 61.9 Å². The highest BCUT2D eigenvalue weighted by Crippen LogP contribution is 2.20. The number of halogens is 2. The largest absolute Gasteiger partial charge is 0.332 e. The van der Waals surface area contributed by atoms with Crippen molar-refractivity contribution in [2.24, 2.45) is 0 Å². The van der Waals surface area contributed by atoms with Gasteiger partial charge >= 0.3 is 0 Å². The molecule has 5 nitrogen and oxygen atoms in total. The van der Waals surface area contributed by atoms with E-state index in [9.17, 15) is 22.0 Å². The average Bonchev–Trinajstić information content (AvgIpc) is 2.74. The molecular formula is C23H22F2N2O3S. The number of carbonyl (C=O) groups is 1. The van der Waals surface area contributed by atoms with Gasteiger partial charge in [0.15, 0.2) is 11.6 Å². The minimum absolute atomic E-state index is 0.0424. The maximum absolute atomic E-state index is 13.4. The van der Waals surface area contributed by atoms with Gasteiger partial charge in [-0.3, -0.25) is 9.52 Å². The second kappa shape index (κ2) is 9.26. The van der Waals surface area contributed by atoms with Crippen LogP contribution in [0.25, 0.3) is 0 Å². The summed E-state index contributed by atoms with van der Waals surface area (Å²) in [4.78, 5) is 14.3. The van der Waals surface area contributed by atoms with Gasteiger partial charge in [0.05, 0.1) is 4.90 Å². The zero-order valence-corrected chi connectivity index (χ0v) is 17.9. The number of nitrogens with zero attached hydrogens (tertiary/aromatic N) is 1. The van der Waals surface area contributed by atoms with Gasteiger partial charge in [0.2, 0.25) is 0 Å². The predicted octanol–water partition coefficient (Wildman–Crippen LogP) is 4.82. The third kappa shape index (κ3) is 5.46. The van der Waals surface area contributed by atoms with Crippen LogP contribution in [0.5, 0.6) is 0 Å². The monoisotopic (exact) mass is 444 g/mol. The van der Waals surface area contributed by atoms with E-state index in [1.165, 1.54) is 24.3 Å². The summed E-state index contributed by atoms with van der Waals surface area (Å²) in [6, 6.07) is 17.8. The zero-order valence-electron chi connectivity index (χ0n) is 17.0. The van der Waals surface area contributed by atoms with Gasteiger partial charge in [-0.15, -0.1) is 0 Å². The Balaban J connectivity index is 1.76. The summed E-state index contributed by atoms with van der Waals surface area (Å²) >= 11 is 0. The number of benzene rings is 3. The first-order valence-corrected chi connectivity index (χ1v) is 11.1. The van der Waals surface area contributed by atoms with Gasteiger partial charge in [-0.25, -0.2) is 17.2 Å². The van der Waals surface area contributed by atoms with Gasteiger partial charge in [-0.1, -0.05) is 30.3 Å². The van der Waals surface area contributed by atoms with Crippen molar-refractivity contribution in [1.82, 2.24) is 4.90 Å². The quantitative estimate of drug-likeness (QED) is 0.568. The minimum atomic E-state index is -4.11. The Kier molecular flexibility index (Phi) is 6.70. The van der Waals surface area contributed by atoms with E-state index in [0.29, 0.717) is 18.2 Å². The lowest BCUT2D eigenvalue weighted by Gasteiger charge is -2.27. The van der Waals surface area contributed by atoms with Crippen LogP contribution in [0.3, 0.4) is 0 Å². The number of nitrogens with one attached hydrogen (secondary N) is 1. The number of rotatable bonds is 7. The molecule has 0 saturated carbocycles. The zero-order chi connectivity index (χ0) is 22.6. The van der Waals surface area contributed by atoms with Gasteiger partial charge < -0.3 is 4.90 Å². The molecule has 0 saturated heterocycles. The van der Waals surface area contributed by atoms with Crippen molar-refractivity contribution in [1.29, 1.82) is 0 Å². The number of sulfonamides is 1. The van der Waals surface area contributed by atoms with E-state index in [1.54, 1.807) is 4.90 Å². The van der Waals surface area contributed by atoms with E-state index in [-0.39, 0.29) is 17.6 Å². The van der Waals surface area contributed by atoms with Crippen molar-refractivity contribution in [2.45, 2.75) is 31.3 Å². The number of hydrogen-bond donors (Lipinski definition) is 1. The average molecular weight is 445 g/mol. The van der Waals surface area contributed by atoms with Crippen molar-refractivity contribution in [3.05, 3.63) is 95.6 Å². The molecular weight excluding hydrogens is 422 g/mol. The molecule has 3 rings (SSSR count). The Morgan fingerprint density at radius 3 is 2.16 bits per heavy atom. The van der Waals surface area contributed by atoms with Crippen molar-refractivity contribution >= 4 is 21.6 Å². The minimum Gasteiger partial charge on any atom is -0.332 e. The van der Waals surface area contributed by atoms with Crippen LogP contribution in [0, 0.1) is 11.6 Å². The fourth-order valence-corrected chi connectivity index (χ4v) is 4.04. The maximum Gasteiger partial charge on any atom is 0.261 e. The molecule has 1 amide bonds. The van der Waals surface area contributed by atoms with Crippen LogP contribution < -0.4 is 4.72 Å². The summed E-state index contributed by atoms with van der Waals surface area (Å²) in [6.07, 6.45) is 0. The lowest BCUT2D eigenvalue weighted by Crippen LogP contribution is -2.36. The first kappa shape index (κ1) is 22.4. The molecule has 0 fully saturated rings. The number of amides is 1. The van der Waals surface area contributed by atoms with E-state index in [4.69, 9.17) is 0 Å². The van der Waals surface area contributed by atoms with E-state index < -0.39 is 26.6 Å². The van der Waals surface area contributed by atoms with Crippen molar-refractivity contribution in [3.8, 4) is 0 Å².